The Hall–Kier alpha value is -2.63. The number of methoxy groups -OCH3 is 2. The number of pyridine rings is 1. The Balaban J connectivity index is 2.86. The molecule has 0 bridgehead atoms. The Morgan fingerprint density at radius 3 is 2.30 bits per heavy atom. The van der Waals surface area contributed by atoms with Crippen molar-refractivity contribution in [3.8, 4) is 0 Å². The van der Waals surface area contributed by atoms with Crippen LogP contribution in [0.4, 0.5) is 0 Å². The van der Waals surface area contributed by atoms with Crippen LogP contribution in [-0.4, -0.2) is 31.1 Å². The van der Waals surface area contributed by atoms with Gasteiger partial charge in [0.1, 0.15) is 5.69 Å². The van der Waals surface area contributed by atoms with Crippen LogP contribution in [0.1, 0.15) is 26.4 Å². The number of rotatable bonds is 2. The average molecular weight is 275 g/mol. The fraction of sp³-hybridized carbons (Fsp3) is 0.214. The van der Waals surface area contributed by atoms with Gasteiger partial charge in [0, 0.05) is 11.5 Å². The van der Waals surface area contributed by atoms with E-state index in [9.17, 15) is 14.4 Å². The minimum atomic E-state index is -0.680. The first-order valence-electron chi connectivity index (χ1n) is 5.82. The zero-order valence-electron chi connectivity index (χ0n) is 11.3. The normalized spacial score (nSPS) is 10.3. The Morgan fingerprint density at radius 1 is 1.05 bits per heavy atom. The summed E-state index contributed by atoms with van der Waals surface area (Å²) in [6.45, 7) is 1.76. The molecule has 2 aromatic rings. The molecule has 6 nitrogen and oxygen atoms in total. The molecule has 0 saturated heterocycles. The summed E-state index contributed by atoms with van der Waals surface area (Å²) < 4.78 is 9.25. The molecule has 104 valence electrons. The van der Waals surface area contributed by atoms with Crippen LogP contribution >= 0.6 is 0 Å². The maximum atomic E-state index is 12.1. The van der Waals surface area contributed by atoms with Crippen molar-refractivity contribution < 1.29 is 19.1 Å². The second-order valence-corrected chi connectivity index (χ2v) is 4.27. The second kappa shape index (κ2) is 5.16. The number of benzene rings is 1. The molecule has 1 heterocycles. The number of carbonyl (C=O) groups excluding carboxylic acids is 2. The standard InChI is InChI=1S/C14H13NO5/c1-7-4-8-11(16)6-10(14(18)20-3)15-12(8)9(5-7)13(17)19-2/h4-6H,1-3H3,(H,15,16). The SMILES string of the molecule is COC(=O)c1cc(=O)c2cc(C)cc(C(=O)OC)c2[nH]1. The summed E-state index contributed by atoms with van der Waals surface area (Å²) in [7, 11) is 2.46. The predicted molar refractivity (Wildman–Crippen MR) is 72.0 cm³/mol. The lowest BCUT2D eigenvalue weighted by atomic mass is 10.0. The van der Waals surface area contributed by atoms with E-state index >= 15 is 0 Å². The fourth-order valence-corrected chi connectivity index (χ4v) is 1.99. The molecule has 0 radical (unpaired) electrons. The number of aryl methyl sites for hydroxylation is 1. The zero-order chi connectivity index (χ0) is 14.9. The number of aromatic amines is 1. The van der Waals surface area contributed by atoms with Crippen LogP contribution in [0.5, 0.6) is 0 Å². The molecule has 0 aliphatic carbocycles. The third kappa shape index (κ3) is 2.27. The number of ether oxygens (including phenoxy) is 2. The van der Waals surface area contributed by atoms with Crippen molar-refractivity contribution in [1.29, 1.82) is 0 Å². The van der Waals surface area contributed by atoms with Gasteiger partial charge in [0.05, 0.1) is 25.3 Å². The highest BCUT2D eigenvalue weighted by atomic mass is 16.5. The number of H-pyrrole nitrogens is 1. The molecule has 0 amide bonds. The van der Waals surface area contributed by atoms with E-state index in [1.54, 1.807) is 19.1 Å². The van der Waals surface area contributed by atoms with E-state index in [1.807, 2.05) is 0 Å². The van der Waals surface area contributed by atoms with Gasteiger partial charge in [-0.15, -0.1) is 0 Å². The van der Waals surface area contributed by atoms with Gasteiger partial charge in [-0.05, 0) is 24.6 Å². The summed E-state index contributed by atoms with van der Waals surface area (Å²) >= 11 is 0. The van der Waals surface area contributed by atoms with Gasteiger partial charge in [-0.1, -0.05) is 0 Å². The zero-order valence-corrected chi connectivity index (χ0v) is 11.3. The van der Waals surface area contributed by atoms with Crippen LogP contribution in [0.25, 0.3) is 10.9 Å². The third-order valence-electron chi connectivity index (χ3n) is 2.89. The van der Waals surface area contributed by atoms with Gasteiger partial charge in [-0.3, -0.25) is 4.79 Å². The Bertz CT molecular complexity index is 760. The fourth-order valence-electron chi connectivity index (χ4n) is 1.99. The van der Waals surface area contributed by atoms with Gasteiger partial charge >= 0.3 is 11.9 Å². The highest BCUT2D eigenvalue weighted by molar-refractivity contribution is 6.04. The molecule has 0 aliphatic heterocycles. The Morgan fingerprint density at radius 2 is 1.70 bits per heavy atom. The van der Waals surface area contributed by atoms with Crippen molar-refractivity contribution in [3.05, 3.63) is 45.2 Å². The number of fused-ring (bicyclic) bond motifs is 1. The summed E-state index contributed by atoms with van der Waals surface area (Å²) in [5.74, 6) is -1.27. The molecule has 6 heteroatoms. The van der Waals surface area contributed by atoms with Crippen molar-refractivity contribution in [1.82, 2.24) is 4.98 Å². The van der Waals surface area contributed by atoms with Crippen molar-refractivity contribution in [2.45, 2.75) is 6.92 Å². The third-order valence-corrected chi connectivity index (χ3v) is 2.89. The van der Waals surface area contributed by atoms with Crippen molar-refractivity contribution in [2.24, 2.45) is 0 Å². The highest BCUT2D eigenvalue weighted by Crippen LogP contribution is 2.18. The minimum absolute atomic E-state index is 0.0148. The molecular formula is C14H13NO5. The van der Waals surface area contributed by atoms with Crippen LogP contribution in [0.2, 0.25) is 0 Å². The number of hydrogen-bond donors (Lipinski definition) is 1. The smallest absolute Gasteiger partial charge is 0.354 e. The minimum Gasteiger partial charge on any atom is -0.465 e. The van der Waals surface area contributed by atoms with Crippen molar-refractivity contribution >= 4 is 22.8 Å². The second-order valence-electron chi connectivity index (χ2n) is 4.27. The summed E-state index contributed by atoms with van der Waals surface area (Å²) in [4.78, 5) is 38.1. The molecule has 1 N–H and O–H groups in total. The molecule has 0 unspecified atom stereocenters. The van der Waals surface area contributed by atoms with E-state index in [2.05, 4.69) is 14.5 Å². The molecule has 1 aromatic carbocycles. The first-order valence-corrected chi connectivity index (χ1v) is 5.82. The summed E-state index contributed by atoms with van der Waals surface area (Å²) in [5, 5.41) is 0.318. The lowest BCUT2D eigenvalue weighted by Crippen LogP contribution is -2.14. The largest absolute Gasteiger partial charge is 0.465 e. The lowest BCUT2D eigenvalue weighted by molar-refractivity contribution is 0.0585. The summed E-state index contributed by atoms with van der Waals surface area (Å²) in [6.07, 6.45) is 0. The van der Waals surface area contributed by atoms with E-state index in [0.717, 1.165) is 11.6 Å². The number of aromatic nitrogens is 1. The van der Waals surface area contributed by atoms with Crippen molar-refractivity contribution in [3.63, 3.8) is 0 Å². The maximum Gasteiger partial charge on any atom is 0.354 e. The van der Waals surface area contributed by atoms with Gasteiger partial charge in [0.2, 0.25) is 0 Å². The Kier molecular flexibility index (Phi) is 3.56. The number of nitrogens with one attached hydrogen (secondary N) is 1. The van der Waals surface area contributed by atoms with Gasteiger partial charge in [-0.2, -0.15) is 0 Å². The topological polar surface area (TPSA) is 85.5 Å². The highest BCUT2D eigenvalue weighted by Gasteiger charge is 2.16. The summed E-state index contributed by atoms with van der Waals surface area (Å²) in [6, 6.07) is 4.38. The monoisotopic (exact) mass is 275 g/mol. The van der Waals surface area contributed by atoms with Crippen LogP contribution in [0.15, 0.2) is 23.0 Å². The van der Waals surface area contributed by atoms with Crippen LogP contribution in [0.3, 0.4) is 0 Å². The molecule has 0 aliphatic rings. The molecule has 0 spiro atoms. The van der Waals surface area contributed by atoms with Crippen LogP contribution in [-0.2, 0) is 9.47 Å². The van der Waals surface area contributed by atoms with E-state index < -0.39 is 11.9 Å². The van der Waals surface area contributed by atoms with Gasteiger partial charge < -0.3 is 14.5 Å². The number of esters is 2. The molecule has 0 atom stereocenters. The van der Waals surface area contributed by atoms with Crippen molar-refractivity contribution in [2.75, 3.05) is 14.2 Å². The van der Waals surface area contributed by atoms with E-state index in [1.165, 1.54) is 14.2 Å². The van der Waals surface area contributed by atoms with E-state index in [-0.39, 0.29) is 22.2 Å². The van der Waals surface area contributed by atoms with E-state index in [0.29, 0.717) is 5.39 Å². The maximum absolute atomic E-state index is 12.1. The van der Waals surface area contributed by atoms with Gasteiger partial charge in [0.15, 0.2) is 5.43 Å². The molecule has 0 fully saturated rings. The number of hydrogen-bond acceptors (Lipinski definition) is 5. The van der Waals surface area contributed by atoms with Crippen LogP contribution < -0.4 is 5.43 Å². The quantitative estimate of drug-likeness (QED) is 0.837. The average Bonchev–Trinajstić information content (AvgIpc) is 2.45. The van der Waals surface area contributed by atoms with Gasteiger partial charge in [0.25, 0.3) is 0 Å². The van der Waals surface area contributed by atoms with Crippen LogP contribution in [0, 0.1) is 6.92 Å². The molecule has 0 saturated carbocycles. The first-order chi connectivity index (χ1) is 9.47. The van der Waals surface area contributed by atoms with Gasteiger partial charge in [-0.25, -0.2) is 9.59 Å². The molecular weight excluding hydrogens is 262 g/mol. The lowest BCUT2D eigenvalue weighted by Gasteiger charge is -2.08. The summed E-state index contributed by atoms with van der Waals surface area (Å²) in [5.41, 5.74) is 0.821. The molecule has 20 heavy (non-hydrogen) atoms. The predicted octanol–water partition coefficient (Wildman–Crippen LogP) is 1.41. The first kappa shape index (κ1) is 13.8. The van der Waals surface area contributed by atoms with E-state index in [4.69, 9.17) is 0 Å². The molecule has 2 rings (SSSR count). The molecule has 1 aromatic heterocycles. The Labute approximate surface area is 114 Å². The number of carbonyl (C=O) groups is 2.